The molecule has 0 spiro atoms. The molecule has 0 aliphatic heterocycles. The summed E-state index contributed by atoms with van der Waals surface area (Å²) >= 11 is 0. The van der Waals surface area contributed by atoms with Crippen LogP contribution in [0, 0.1) is 24.1 Å². The van der Waals surface area contributed by atoms with E-state index in [1.165, 1.54) is 29.8 Å². The van der Waals surface area contributed by atoms with Crippen molar-refractivity contribution >= 4 is 0 Å². The van der Waals surface area contributed by atoms with Gasteiger partial charge in [-0.25, -0.2) is 13.9 Å². The first-order chi connectivity index (χ1) is 14.4. The minimum atomic E-state index is -0.573. The Kier molecular flexibility index (Phi) is 4.64. The number of halogens is 1. The van der Waals surface area contributed by atoms with Crippen molar-refractivity contribution in [2.75, 3.05) is 0 Å². The Bertz CT molecular complexity index is 1420. The second-order valence-electron chi connectivity index (χ2n) is 6.71. The predicted molar refractivity (Wildman–Crippen MR) is 109 cm³/mol. The molecular formula is C22H16FN5O2. The molecule has 2 heterocycles. The van der Waals surface area contributed by atoms with Crippen LogP contribution in [-0.4, -0.2) is 18.9 Å². The highest BCUT2D eigenvalue weighted by Crippen LogP contribution is 2.23. The quantitative estimate of drug-likeness (QED) is 0.528. The Morgan fingerprint density at radius 2 is 1.77 bits per heavy atom. The van der Waals surface area contributed by atoms with Gasteiger partial charge in [-0.15, -0.1) is 0 Å². The van der Waals surface area contributed by atoms with Crippen LogP contribution in [0.5, 0.6) is 0 Å². The topological polar surface area (TPSA) is 85.6 Å². The van der Waals surface area contributed by atoms with Crippen LogP contribution in [0.3, 0.4) is 0 Å². The Hall–Kier alpha value is -4.25. The first kappa shape index (κ1) is 19.1. The van der Waals surface area contributed by atoms with Crippen LogP contribution in [0.15, 0.2) is 70.4 Å². The maximum absolute atomic E-state index is 13.8. The van der Waals surface area contributed by atoms with Crippen molar-refractivity contribution in [3.05, 3.63) is 98.7 Å². The van der Waals surface area contributed by atoms with E-state index >= 15 is 0 Å². The third-order valence-corrected chi connectivity index (χ3v) is 4.90. The molecule has 0 aliphatic rings. The van der Waals surface area contributed by atoms with Crippen LogP contribution < -0.4 is 11.2 Å². The Balaban J connectivity index is 2.00. The van der Waals surface area contributed by atoms with Crippen LogP contribution in [-0.2, 0) is 7.05 Å². The number of rotatable bonds is 3. The van der Waals surface area contributed by atoms with E-state index in [4.69, 9.17) is 5.26 Å². The lowest BCUT2D eigenvalue weighted by Crippen LogP contribution is -2.40. The average molecular weight is 401 g/mol. The molecule has 4 rings (SSSR count). The Morgan fingerprint density at radius 3 is 2.43 bits per heavy atom. The van der Waals surface area contributed by atoms with E-state index < -0.39 is 17.1 Å². The number of hydrogen-bond donors (Lipinski definition) is 0. The first-order valence-corrected chi connectivity index (χ1v) is 9.06. The van der Waals surface area contributed by atoms with Crippen molar-refractivity contribution in [3.63, 3.8) is 0 Å². The van der Waals surface area contributed by atoms with Crippen molar-refractivity contribution in [1.29, 1.82) is 5.26 Å². The molecule has 0 saturated carbocycles. The third kappa shape index (κ3) is 3.02. The minimum Gasteiger partial charge on any atom is -0.268 e. The van der Waals surface area contributed by atoms with Gasteiger partial charge in [0.1, 0.15) is 5.82 Å². The number of benzene rings is 2. The number of nitrogens with zero attached hydrogens (tertiary/aromatic N) is 5. The summed E-state index contributed by atoms with van der Waals surface area (Å²) in [6.45, 7) is 1.64. The molecule has 0 amide bonds. The Labute approximate surface area is 170 Å². The molecule has 0 radical (unpaired) electrons. The van der Waals surface area contributed by atoms with Crippen molar-refractivity contribution < 1.29 is 4.39 Å². The zero-order valence-corrected chi connectivity index (χ0v) is 16.2. The summed E-state index contributed by atoms with van der Waals surface area (Å²) in [4.78, 5) is 25.9. The molecule has 2 aromatic carbocycles. The highest BCUT2D eigenvalue weighted by Gasteiger charge is 2.20. The van der Waals surface area contributed by atoms with E-state index in [1.807, 2.05) is 0 Å². The van der Waals surface area contributed by atoms with Gasteiger partial charge in [0.05, 0.1) is 40.5 Å². The van der Waals surface area contributed by atoms with Gasteiger partial charge in [0.15, 0.2) is 0 Å². The average Bonchev–Trinajstić information content (AvgIpc) is 3.22. The summed E-state index contributed by atoms with van der Waals surface area (Å²) in [5.41, 5.74) is 1.52. The number of nitriles is 1. The lowest BCUT2D eigenvalue weighted by atomic mass is 10.1. The normalized spacial score (nSPS) is 10.7. The van der Waals surface area contributed by atoms with Gasteiger partial charge in [-0.1, -0.05) is 6.07 Å². The van der Waals surface area contributed by atoms with Gasteiger partial charge >= 0.3 is 5.69 Å². The van der Waals surface area contributed by atoms with E-state index in [0.717, 1.165) is 4.57 Å². The second-order valence-corrected chi connectivity index (χ2v) is 6.71. The summed E-state index contributed by atoms with van der Waals surface area (Å²) in [6, 6.07) is 16.1. The molecule has 0 bridgehead atoms. The minimum absolute atomic E-state index is 0.267. The molecule has 0 aliphatic carbocycles. The third-order valence-electron chi connectivity index (χ3n) is 4.90. The van der Waals surface area contributed by atoms with E-state index in [2.05, 4.69) is 11.2 Å². The summed E-state index contributed by atoms with van der Waals surface area (Å²) < 4.78 is 17.6. The van der Waals surface area contributed by atoms with Crippen molar-refractivity contribution in [3.8, 4) is 28.7 Å². The maximum Gasteiger partial charge on any atom is 0.335 e. The lowest BCUT2D eigenvalue weighted by molar-refractivity contribution is 0.624. The van der Waals surface area contributed by atoms with E-state index in [0.29, 0.717) is 28.3 Å². The van der Waals surface area contributed by atoms with Crippen LogP contribution in [0.2, 0.25) is 0 Å². The first-order valence-electron chi connectivity index (χ1n) is 9.06. The van der Waals surface area contributed by atoms with Gasteiger partial charge in [-0.2, -0.15) is 10.4 Å². The second kappa shape index (κ2) is 7.29. The zero-order valence-electron chi connectivity index (χ0n) is 16.2. The summed E-state index contributed by atoms with van der Waals surface area (Å²) in [5.74, 6) is -0.489. The zero-order chi connectivity index (χ0) is 21.4. The predicted octanol–water partition coefficient (Wildman–Crippen LogP) is 2.71. The van der Waals surface area contributed by atoms with E-state index in [9.17, 15) is 14.0 Å². The van der Waals surface area contributed by atoms with E-state index in [-0.39, 0.29) is 5.56 Å². The molecule has 0 saturated heterocycles. The fourth-order valence-electron chi connectivity index (χ4n) is 3.40. The molecule has 7 nitrogen and oxygen atoms in total. The van der Waals surface area contributed by atoms with Gasteiger partial charge in [-0.05, 0) is 55.5 Å². The molecule has 2 aromatic heterocycles. The molecule has 0 fully saturated rings. The van der Waals surface area contributed by atoms with Crippen LogP contribution in [0.1, 0.15) is 11.3 Å². The molecule has 0 atom stereocenters. The van der Waals surface area contributed by atoms with Gasteiger partial charge in [0.25, 0.3) is 5.56 Å². The highest BCUT2D eigenvalue weighted by molar-refractivity contribution is 5.64. The molecule has 30 heavy (non-hydrogen) atoms. The summed E-state index contributed by atoms with van der Waals surface area (Å²) in [6.07, 6.45) is 1.55. The molecule has 4 aromatic rings. The standard InChI is InChI=1S/C22H16FN5O2/c1-14-20(19-10-11-25-28(19)17-8-6-15(13-24)7-9-17)21(29)26(2)22(30)27(14)18-5-3-4-16(23)12-18/h3-12H,1-2H3. The van der Waals surface area contributed by atoms with E-state index in [1.54, 1.807) is 54.2 Å². The number of aromatic nitrogens is 4. The molecule has 8 heteroatoms. The van der Waals surface area contributed by atoms with Crippen LogP contribution in [0.25, 0.3) is 22.6 Å². The fraction of sp³-hybridized carbons (Fsp3) is 0.0909. The molecule has 148 valence electrons. The number of hydrogen-bond acceptors (Lipinski definition) is 4. The highest BCUT2D eigenvalue weighted by atomic mass is 19.1. The summed E-state index contributed by atoms with van der Waals surface area (Å²) in [5, 5.41) is 13.3. The van der Waals surface area contributed by atoms with Gasteiger partial charge in [0, 0.05) is 12.7 Å². The Morgan fingerprint density at radius 1 is 1.03 bits per heavy atom. The van der Waals surface area contributed by atoms with Gasteiger partial charge in [-0.3, -0.25) is 13.9 Å². The summed E-state index contributed by atoms with van der Waals surface area (Å²) in [7, 11) is 1.38. The van der Waals surface area contributed by atoms with Gasteiger partial charge < -0.3 is 0 Å². The molecular weight excluding hydrogens is 385 g/mol. The fourth-order valence-corrected chi connectivity index (χ4v) is 3.40. The molecule has 0 unspecified atom stereocenters. The van der Waals surface area contributed by atoms with Crippen molar-refractivity contribution in [2.24, 2.45) is 7.05 Å². The van der Waals surface area contributed by atoms with Crippen LogP contribution >= 0.6 is 0 Å². The largest absolute Gasteiger partial charge is 0.335 e. The smallest absolute Gasteiger partial charge is 0.268 e. The van der Waals surface area contributed by atoms with Crippen molar-refractivity contribution in [2.45, 2.75) is 6.92 Å². The van der Waals surface area contributed by atoms with Crippen LogP contribution in [0.4, 0.5) is 4.39 Å². The van der Waals surface area contributed by atoms with Gasteiger partial charge in [0.2, 0.25) is 0 Å². The van der Waals surface area contributed by atoms with Crippen molar-refractivity contribution in [1.82, 2.24) is 18.9 Å². The maximum atomic E-state index is 13.8. The molecule has 0 N–H and O–H groups in total. The SMILES string of the molecule is Cc1c(-c2ccnn2-c2ccc(C#N)cc2)c(=O)n(C)c(=O)n1-c1cccc(F)c1. The lowest BCUT2D eigenvalue weighted by Gasteiger charge is -2.16. The monoisotopic (exact) mass is 401 g/mol.